The zero-order chi connectivity index (χ0) is 9.30. The highest BCUT2D eigenvalue weighted by Crippen LogP contribution is 2.22. The van der Waals surface area contributed by atoms with E-state index >= 15 is 0 Å². The summed E-state index contributed by atoms with van der Waals surface area (Å²) in [7, 11) is 0. The van der Waals surface area contributed by atoms with Gasteiger partial charge in [0.05, 0.1) is 0 Å². The van der Waals surface area contributed by atoms with E-state index in [-0.39, 0.29) is 0 Å². The van der Waals surface area contributed by atoms with Crippen LogP contribution in [0.2, 0.25) is 0 Å². The fourth-order valence-corrected chi connectivity index (χ4v) is 1.30. The maximum absolute atomic E-state index is 5.76. The van der Waals surface area contributed by atoms with Gasteiger partial charge < -0.3 is 5.73 Å². The summed E-state index contributed by atoms with van der Waals surface area (Å²) in [6.45, 7) is 10.00. The van der Waals surface area contributed by atoms with E-state index in [9.17, 15) is 0 Å². The molecule has 0 saturated carbocycles. The Morgan fingerprint density at radius 2 is 1.83 bits per heavy atom. The normalized spacial score (nSPS) is 9.92. The molecule has 0 amide bonds. The predicted molar refractivity (Wildman–Crippen MR) is 55.0 cm³/mol. The molecule has 1 rings (SSSR count). The SMILES string of the molecule is C=C(C)c1cc(C)c(N)cc1C. The number of benzene rings is 1. The lowest BCUT2D eigenvalue weighted by molar-refractivity contribution is 1.36. The van der Waals surface area contributed by atoms with Crippen molar-refractivity contribution in [2.75, 3.05) is 5.73 Å². The Balaban J connectivity index is 3.33. The van der Waals surface area contributed by atoms with Gasteiger partial charge >= 0.3 is 0 Å². The summed E-state index contributed by atoms with van der Waals surface area (Å²) in [5.74, 6) is 0. The summed E-state index contributed by atoms with van der Waals surface area (Å²) in [4.78, 5) is 0. The second kappa shape index (κ2) is 3.02. The first-order valence-electron chi connectivity index (χ1n) is 4.05. The molecular formula is C11H15N. The van der Waals surface area contributed by atoms with E-state index in [0.29, 0.717) is 0 Å². The molecule has 1 nitrogen and oxygen atoms in total. The molecule has 1 heteroatoms. The summed E-state index contributed by atoms with van der Waals surface area (Å²) in [5.41, 5.74) is 11.2. The van der Waals surface area contributed by atoms with Gasteiger partial charge in [0.1, 0.15) is 0 Å². The highest BCUT2D eigenvalue weighted by Gasteiger charge is 2.01. The van der Waals surface area contributed by atoms with E-state index < -0.39 is 0 Å². The van der Waals surface area contributed by atoms with Crippen LogP contribution >= 0.6 is 0 Å². The Hall–Kier alpha value is -1.24. The Bertz CT molecular complexity index is 324. The molecule has 0 saturated heterocycles. The van der Waals surface area contributed by atoms with Crippen molar-refractivity contribution >= 4 is 11.3 Å². The van der Waals surface area contributed by atoms with Gasteiger partial charge in [-0.2, -0.15) is 0 Å². The molecule has 0 atom stereocenters. The lowest BCUT2D eigenvalue weighted by atomic mass is 9.99. The molecule has 0 aliphatic heterocycles. The molecule has 1 aromatic rings. The van der Waals surface area contributed by atoms with Gasteiger partial charge in [-0.25, -0.2) is 0 Å². The molecule has 12 heavy (non-hydrogen) atoms. The van der Waals surface area contributed by atoms with Crippen LogP contribution in [-0.2, 0) is 0 Å². The summed E-state index contributed by atoms with van der Waals surface area (Å²) in [5, 5.41) is 0. The molecular weight excluding hydrogens is 146 g/mol. The molecule has 0 spiro atoms. The van der Waals surface area contributed by atoms with Gasteiger partial charge in [-0.1, -0.05) is 12.2 Å². The van der Waals surface area contributed by atoms with Crippen LogP contribution in [0.15, 0.2) is 18.7 Å². The minimum Gasteiger partial charge on any atom is -0.399 e. The Kier molecular flexibility index (Phi) is 2.22. The molecule has 0 aliphatic carbocycles. The van der Waals surface area contributed by atoms with E-state index in [1.165, 1.54) is 11.1 Å². The number of anilines is 1. The zero-order valence-electron chi connectivity index (χ0n) is 7.94. The zero-order valence-corrected chi connectivity index (χ0v) is 7.94. The van der Waals surface area contributed by atoms with E-state index in [1.807, 2.05) is 19.9 Å². The maximum atomic E-state index is 5.76. The van der Waals surface area contributed by atoms with E-state index in [0.717, 1.165) is 16.8 Å². The van der Waals surface area contributed by atoms with Gasteiger partial charge in [0.2, 0.25) is 0 Å². The number of nitrogens with two attached hydrogens (primary N) is 1. The van der Waals surface area contributed by atoms with E-state index in [4.69, 9.17) is 5.73 Å². The third kappa shape index (κ3) is 1.50. The lowest BCUT2D eigenvalue weighted by Crippen LogP contribution is -1.93. The van der Waals surface area contributed by atoms with Crippen molar-refractivity contribution in [3.8, 4) is 0 Å². The molecule has 0 unspecified atom stereocenters. The van der Waals surface area contributed by atoms with Crippen molar-refractivity contribution in [3.05, 3.63) is 35.4 Å². The maximum Gasteiger partial charge on any atom is 0.0346 e. The van der Waals surface area contributed by atoms with Crippen molar-refractivity contribution in [2.24, 2.45) is 0 Å². The van der Waals surface area contributed by atoms with Crippen LogP contribution in [0.5, 0.6) is 0 Å². The number of aryl methyl sites for hydroxylation is 2. The highest BCUT2D eigenvalue weighted by atomic mass is 14.6. The molecule has 1 aromatic carbocycles. The fraction of sp³-hybridized carbons (Fsp3) is 0.273. The second-order valence-corrected chi connectivity index (χ2v) is 3.30. The quantitative estimate of drug-likeness (QED) is 0.630. The number of allylic oxidation sites excluding steroid dienone is 1. The molecule has 0 bridgehead atoms. The first-order chi connectivity index (χ1) is 5.52. The van der Waals surface area contributed by atoms with Gasteiger partial charge in [0.15, 0.2) is 0 Å². The van der Waals surface area contributed by atoms with Gasteiger partial charge in [0, 0.05) is 5.69 Å². The monoisotopic (exact) mass is 161 g/mol. The third-order valence-corrected chi connectivity index (χ3v) is 2.07. The topological polar surface area (TPSA) is 26.0 Å². The molecule has 2 N–H and O–H groups in total. The minimum absolute atomic E-state index is 0.859. The number of nitrogen functional groups attached to an aromatic ring is 1. The van der Waals surface area contributed by atoms with Crippen LogP contribution in [-0.4, -0.2) is 0 Å². The van der Waals surface area contributed by atoms with Crippen molar-refractivity contribution in [2.45, 2.75) is 20.8 Å². The summed E-state index contributed by atoms with van der Waals surface area (Å²) < 4.78 is 0. The average molecular weight is 161 g/mol. The lowest BCUT2D eigenvalue weighted by Gasteiger charge is -2.08. The van der Waals surface area contributed by atoms with Gasteiger partial charge in [-0.15, -0.1) is 0 Å². The van der Waals surface area contributed by atoms with Gasteiger partial charge in [0.25, 0.3) is 0 Å². The second-order valence-electron chi connectivity index (χ2n) is 3.30. The van der Waals surface area contributed by atoms with Gasteiger partial charge in [-0.3, -0.25) is 0 Å². The van der Waals surface area contributed by atoms with Crippen molar-refractivity contribution in [1.82, 2.24) is 0 Å². The van der Waals surface area contributed by atoms with Crippen molar-refractivity contribution in [3.63, 3.8) is 0 Å². The highest BCUT2D eigenvalue weighted by molar-refractivity contribution is 5.68. The predicted octanol–water partition coefficient (Wildman–Crippen LogP) is 2.92. The Morgan fingerprint density at radius 1 is 1.25 bits per heavy atom. The molecule has 0 aromatic heterocycles. The first-order valence-corrected chi connectivity index (χ1v) is 4.05. The van der Waals surface area contributed by atoms with Crippen molar-refractivity contribution < 1.29 is 0 Å². The fourth-order valence-electron chi connectivity index (χ4n) is 1.30. The number of rotatable bonds is 1. The summed E-state index contributed by atoms with van der Waals surface area (Å²) in [6.07, 6.45) is 0. The number of hydrogen-bond donors (Lipinski definition) is 1. The molecule has 0 fully saturated rings. The Labute approximate surface area is 73.9 Å². The van der Waals surface area contributed by atoms with Crippen LogP contribution in [0.4, 0.5) is 5.69 Å². The molecule has 64 valence electrons. The van der Waals surface area contributed by atoms with E-state index in [2.05, 4.69) is 19.6 Å². The Morgan fingerprint density at radius 3 is 2.33 bits per heavy atom. The molecule has 0 heterocycles. The minimum atomic E-state index is 0.859. The average Bonchev–Trinajstić information content (AvgIpc) is 1.96. The number of hydrogen-bond acceptors (Lipinski definition) is 1. The largest absolute Gasteiger partial charge is 0.399 e. The van der Waals surface area contributed by atoms with Crippen LogP contribution in [0.25, 0.3) is 5.57 Å². The van der Waals surface area contributed by atoms with E-state index in [1.54, 1.807) is 0 Å². The van der Waals surface area contributed by atoms with Crippen LogP contribution in [0.1, 0.15) is 23.6 Å². The standard InChI is InChI=1S/C11H15N/c1-7(2)10-5-9(4)11(12)6-8(10)3/h5-6H,1,12H2,2-4H3. The third-order valence-electron chi connectivity index (χ3n) is 2.07. The first kappa shape index (κ1) is 8.85. The van der Waals surface area contributed by atoms with Crippen LogP contribution < -0.4 is 5.73 Å². The molecule has 0 radical (unpaired) electrons. The van der Waals surface area contributed by atoms with Crippen LogP contribution in [0.3, 0.4) is 0 Å². The van der Waals surface area contributed by atoms with Crippen LogP contribution in [0, 0.1) is 13.8 Å². The van der Waals surface area contributed by atoms with Crippen molar-refractivity contribution in [1.29, 1.82) is 0 Å². The van der Waals surface area contributed by atoms with Gasteiger partial charge in [-0.05, 0) is 49.6 Å². The summed E-state index contributed by atoms with van der Waals surface area (Å²) >= 11 is 0. The summed E-state index contributed by atoms with van der Waals surface area (Å²) in [6, 6.07) is 4.09. The smallest absolute Gasteiger partial charge is 0.0346 e. The molecule has 0 aliphatic rings.